The van der Waals surface area contributed by atoms with Gasteiger partial charge in [-0.3, -0.25) is 4.79 Å². The number of rotatable bonds is 7. The van der Waals surface area contributed by atoms with Crippen LogP contribution in [0.4, 0.5) is 0 Å². The molecule has 0 bridgehead atoms. The number of carbonyl (C=O) groups excluding carboxylic acids is 1. The van der Waals surface area contributed by atoms with Crippen molar-refractivity contribution in [3.05, 3.63) is 29.8 Å². The van der Waals surface area contributed by atoms with Crippen LogP contribution in [-0.4, -0.2) is 38.0 Å². The van der Waals surface area contributed by atoms with Gasteiger partial charge in [-0.1, -0.05) is 12.1 Å². The number of ether oxygens (including phenoxy) is 2. The maximum Gasteiger partial charge on any atom is 0.230 e. The summed E-state index contributed by atoms with van der Waals surface area (Å²) in [5.41, 5.74) is 1.20. The van der Waals surface area contributed by atoms with E-state index in [4.69, 9.17) is 9.47 Å². The summed E-state index contributed by atoms with van der Waals surface area (Å²) in [6, 6.07) is 7.92. The highest BCUT2D eigenvalue weighted by Gasteiger charge is 2.15. The molecule has 5 heteroatoms. The quantitative estimate of drug-likeness (QED) is 0.838. The van der Waals surface area contributed by atoms with Crippen LogP contribution in [-0.2, 0) is 15.3 Å². The van der Waals surface area contributed by atoms with Crippen LogP contribution in [0.1, 0.15) is 18.4 Å². The lowest BCUT2D eigenvalue weighted by molar-refractivity contribution is -0.119. The van der Waals surface area contributed by atoms with Crippen LogP contribution in [0, 0.1) is 0 Å². The zero-order valence-corrected chi connectivity index (χ0v) is 12.6. The van der Waals surface area contributed by atoms with E-state index >= 15 is 0 Å². The van der Waals surface area contributed by atoms with Crippen molar-refractivity contribution in [2.45, 2.75) is 24.7 Å². The Morgan fingerprint density at radius 3 is 2.90 bits per heavy atom. The summed E-state index contributed by atoms with van der Waals surface area (Å²) in [5, 5.41) is 2.92. The molecule has 1 aliphatic rings. The first-order chi connectivity index (χ1) is 9.78. The second-order valence-electron chi connectivity index (χ2n) is 4.78. The van der Waals surface area contributed by atoms with Crippen molar-refractivity contribution in [1.29, 1.82) is 0 Å². The highest BCUT2D eigenvalue weighted by molar-refractivity contribution is 7.99. The second kappa shape index (κ2) is 8.17. The van der Waals surface area contributed by atoms with Gasteiger partial charge in [0, 0.05) is 18.9 Å². The van der Waals surface area contributed by atoms with Crippen molar-refractivity contribution in [3.63, 3.8) is 0 Å². The normalized spacial score (nSPS) is 17.9. The second-order valence-corrected chi connectivity index (χ2v) is 5.77. The molecule has 1 saturated heterocycles. The average molecular weight is 295 g/mol. The van der Waals surface area contributed by atoms with Gasteiger partial charge < -0.3 is 14.8 Å². The summed E-state index contributed by atoms with van der Waals surface area (Å²) in [4.78, 5) is 11.7. The minimum atomic E-state index is 0.0824. The van der Waals surface area contributed by atoms with Crippen molar-refractivity contribution in [2.24, 2.45) is 0 Å². The fourth-order valence-corrected chi connectivity index (χ4v) is 2.89. The number of benzene rings is 1. The van der Waals surface area contributed by atoms with Gasteiger partial charge in [0.15, 0.2) is 0 Å². The summed E-state index contributed by atoms with van der Waals surface area (Å²) in [6.07, 6.45) is 2.37. The molecule has 1 aromatic rings. The van der Waals surface area contributed by atoms with Gasteiger partial charge in [-0.05, 0) is 30.5 Å². The number of hydrogen-bond donors (Lipinski definition) is 1. The molecule has 0 unspecified atom stereocenters. The Hall–Kier alpha value is -1.20. The third-order valence-corrected chi connectivity index (χ3v) is 4.22. The van der Waals surface area contributed by atoms with E-state index in [1.807, 2.05) is 24.3 Å². The van der Waals surface area contributed by atoms with Gasteiger partial charge in [-0.25, -0.2) is 0 Å². The Balaban J connectivity index is 1.60. The van der Waals surface area contributed by atoms with Crippen LogP contribution < -0.4 is 10.1 Å². The predicted molar refractivity (Wildman–Crippen MR) is 81.1 cm³/mol. The minimum absolute atomic E-state index is 0.0824. The van der Waals surface area contributed by atoms with Gasteiger partial charge in [-0.15, -0.1) is 11.8 Å². The fourth-order valence-electron chi connectivity index (χ4n) is 2.07. The predicted octanol–water partition coefficient (Wildman–Crippen LogP) is 2.22. The first kappa shape index (κ1) is 15.2. The third kappa shape index (κ3) is 5.06. The highest BCUT2D eigenvalue weighted by atomic mass is 32.2. The van der Waals surface area contributed by atoms with Gasteiger partial charge in [0.05, 0.1) is 19.0 Å². The molecule has 2 rings (SSSR count). The van der Waals surface area contributed by atoms with Crippen LogP contribution in [0.15, 0.2) is 24.3 Å². The standard InChI is InChI=1S/C15H21NO3S/c1-18-13-6-4-12(5-7-13)10-20-11-15(17)16-9-14-3-2-8-19-14/h4-7,14H,2-3,8-11H2,1H3,(H,16,17)/t14-/m0/s1. The van der Waals surface area contributed by atoms with Gasteiger partial charge in [0.2, 0.25) is 5.91 Å². The van der Waals surface area contributed by atoms with E-state index in [0.717, 1.165) is 31.0 Å². The van der Waals surface area contributed by atoms with Crippen LogP contribution in [0.25, 0.3) is 0 Å². The van der Waals surface area contributed by atoms with E-state index < -0.39 is 0 Å². The molecule has 0 spiro atoms. The maximum absolute atomic E-state index is 11.7. The molecule has 1 fully saturated rings. The van der Waals surface area contributed by atoms with Crippen molar-refractivity contribution in [1.82, 2.24) is 5.32 Å². The van der Waals surface area contributed by atoms with Crippen LogP contribution >= 0.6 is 11.8 Å². The molecule has 110 valence electrons. The number of carbonyl (C=O) groups is 1. The molecule has 1 amide bonds. The zero-order chi connectivity index (χ0) is 14.2. The van der Waals surface area contributed by atoms with E-state index in [2.05, 4.69) is 5.32 Å². The molecule has 0 radical (unpaired) electrons. The Kier molecular flexibility index (Phi) is 6.21. The summed E-state index contributed by atoms with van der Waals surface area (Å²) in [6.45, 7) is 1.47. The number of thioether (sulfide) groups is 1. The fraction of sp³-hybridized carbons (Fsp3) is 0.533. The largest absolute Gasteiger partial charge is 0.497 e. The topological polar surface area (TPSA) is 47.6 Å². The first-order valence-electron chi connectivity index (χ1n) is 6.87. The molecule has 20 heavy (non-hydrogen) atoms. The van der Waals surface area contributed by atoms with Crippen molar-refractivity contribution in [3.8, 4) is 5.75 Å². The first-order valence-corrected chi connectivity index (χ1v) is 8.02. The van der Waals surface area contributed by atoms with Crippen molar-refractivity contribution in [2.75, 3.05) is 26.0 Å². The number of methoxy groups -OCH3 is 1. The molecule has 1 aliphatic heterocycles. The Bertz CT molecular complexity index is 416. The average Bonchev–Trinajstić information content (AvgIpc) is 2.99. The summed E-state index contributed by atoms with van der Waals surface area (Å²) in [5.74, 6) is 2.25. The van der Waals surface area contributed by atoms with E-state index in [9.17, 15) is 4.79 Å². The van der Waals surface area contributed by atoms with Crippen molar-refractivity contribution < 1.29 is 14.3 Å². The molecule has 0 saturated carbocycles. The Morgan fingerprint density at radius 2 is 2.25 bits per heavy atom. The van der Waals surface area contributed by atoms with Crippen LogP contribution in [0.5, 0.6) is 5.75 Å². The molecular formula is C15H21NO3S. The smallest absolute Gasteiger partial charge is 0.230 e. The molecule has 0 aliphatic carbocycles. The molecule has 1 heterocycles. The molecule has 1 N–H and O–H groups in total. The molecule has 0 aromatic heterocycles. The third-order valence-electron chi connectivity index (χ3n) is 3.21. The van der Waals surface area contributed by atoms with Crippen LogP contribution in [0.3, 0.4) is 0 Å². The summed E-state index contributed by atoms with van der Waals surface area (Å²) < 4.78 is 10.6. The summed E-state index contributed by atoms with van der Waals surface area (Å²) >= 11 is 1.62. The lowest BCUT2D eigenvalue weighted by atomic mass is 10.2. The van der Waals surface area contributed by atoms with Crippen LogP contribution in [0.2, 0.25) is 0 Å². The maximum atomic E-state index is 11.7. The van der Waals surface area contributed by atoms with E-state index in [-0.39, 0.29) is 12.0 Å². The van der Waals surface area contributed by atoms with Gasteiger partial charge in [0.25, 0.3) is 0 Å². The monoisotopic (exact) mass is 295 g/mol. The molecule has 1 atom stereocenters. The lowest BCUT2D eigenvalue weighted by Gasteiger charge is -2.10. The molecule has 1 aromatic carbocycles. The Morgan fingerprint density at radius 1 is 1.45 bits per heavy atom. The minimum Gasteiger partial charge on any atom is -0.497 e. The SMILES string of the molecule is COc1ccc(CSCC(=O)NC[C@@H]2CCCO2)cc1. The van der Waals surface area contributed by atoms with E-state index in [0.29, 0.717) is 12.3 Å². The van der Waals surface area contributed by atoms with Gasteiger partial charge >= 0.3 is 0 Å². The molecular weight excluding hydrogens is 274 g/mol. The number of hydrogen-bond acceptors (Lipinski definition) is 4. The van der Waals surface area contributed by atoms with Gasteiger partial charge in [-0.2, -0.15) is 0 Å². The number of nitrogens with one attached hydrogen (secondary N) is 1. The van der Waals surface area contributed by atoms with E-state index in [1.54, 1.807) is 18.9 Å². The highest BCUT2D eigenvalue weighted by Crippen LogP contribution is 2.16. The number of amides is 1. The Labute approximate surface area is 124 Å². The lowest BCUT2D eigenvalue weighted by Crippen LogP contribution is -2.32. The molecule has 4 nitrogen and oxygen atoms in total. The summed E-state index contributed by atoms with van der Waals surface area (Å²) in [7, 11) is 1.65. The van der Waals surface area contributed by atoms with E-state index in [1.165, 1.54) is 5.56 Å². The van der Waals surface area contributed by atoms with Gasteiger partial charge in [0.1, 0.15) is 5.75 Å². The zero-order valence-electron chi connectivity index (χ0n) is 11.8. The van der Waals surface area contributed by atoms with Crippen molar-refractivity contribution >= 4 is 17.7 Å².